The van der Waals surface area contributed by atoms with Gasteiger partial charge < -0.3 is 4.74 Å². The van der Waals surface area contributed by atoms with Gasteiger partial charge in [0.2, 0.25) is 5.91 Å². The maximum Gasteiger partial charge on any atom is 0.306 e. The first-order chi connectivity index (χ1) is 8.22. The number of amides is 1. The Hall–Kier alpha value is -1.59. The van der Waals surface area contributed by atoms with Crippen LogP contribution in [0.5, 0.6) is 0 Å². The molecule has 0 fully saturated rings. The SMILES string of the molecule is O=C(CCC(=O)OCc1ccccc1)NNCl. The Morgan fingerprint density at radius 2 is 1.88 bits per heavy atom. The van der Waals surface area contributed by atoms with Gasteiger partial charge >= 0.3 is 5.97 Å². The third-order valence-electron chi connectivity index (χ3n) is 1.99. The summed E-state index contributed by atoms with van der Waals surface area (Å²) in [4.78, 5) is 24.2. The Morgan fingerprint density at radius 3 is 2.53 bits per heavy atom. The van der Waals surface area contributed by atoms with E-state index in [1.54, 1.807) is 0 Å². The van der Waals surface area contributed by atoms with E-state index in [1.807, 2.05) is 35.3 Å². The summed E-state index contributed by atoms with van der Waals surface area (Å²) < 4.78 is 4.98. The molecule has 0 saturated heterocycles. The Labute approximate surface area is 104 Å². The highest BCUT2D eigenvalue weighted by Gasteiger charge is 2.07. The second-order valence-electron chi connectivity index (χ2n) is 3.29. The van der Waals surface area contributed by atoms with Crippen LogP contribution in [0.15, 0.2) is 30.3 Å². The zero-order chi connectivity index (χ0) is 12.5. The second kappa shape index (κ2) is 7.65. The Bertz CT molecular complexity index is 370. The summed E-state index contributed by atoms with van der Waals surface area (Å²) in [5.41, 5.74) is 3.05. The third-order valence-corrected chi connectivity index (χ3v) is 2.08. The Balaban J connectivity index is 2.20. The summed E-state index contributed by atoms with van der Waals surface area (Å²) in [6, 6.07) is 9.33. The van der Waals surface area contributed by atoms with Crippen molar-refractivity contribution in [3.8, 4) is 0 Å². The standard InChI is InChI=1S/C11H13ClN2O3/c12-14-13-10(15)6-7-11(16)17-8-9-4-2-1-3-5-9/h1-5,14H,6-8H2,(H,13,15). The zero-order valence-electron chi connectivity index (χ0n) is 9.11. The number of rotatable bonds is 6. The van der Waals surface area contributed by atoms with Crippen LogP contribution in [-0.4, -0.2) is 11.9 Å². The first-order valence-corrected chi connectivity index (χ1v) is 5.44. The molecule has 1 amide bonds. The van der Waals surface area contributed by atoms with Gasteiger partial charge in [-0.05, 0) is 17.3 Å². The molecular formula is C11H13ClN2O3. The molecule has 1 aromatic rings. The fourth-order valence-electron chi connectivity index (χ4n) is 1.14. The molecule has 0 bridgehead atoms. The Morgan fingerprint density at radius 1 is 1.18 bits per heavy atom. The van der Waals surface area contributed by atoms with E-state index in [0.717, 1.165) is 5.56 Å². The van der Waals surface area contributed by atoms with E-state index >= 15 is 0 Å². The number of hydrazine groups is 1. The highest BCUT2D eigenvalue weighted by atomic mass is 35.5. The molecule has 0 aliphatic heterocycles. The van der Waals surface area contributed by atoms with Crippen LogP contribution in [-0.2, 0) is 20.9 Å². The lowest BCUT2D eigenvalue weighted by Gasteiger charge is -2.04. The minimum Gasteiger partial charge on any atom is -0.461 e. The molecule has 92 valence electrons. The molecule has 0 saturated carbocycles. The summed E-state index contributed by atoms with van der Waals surface area (Å²) in [7, 11) is 0. The molecule has 0 atom stereocenters. The highest BCUT2D eigenvalue weighted by molar-refractivity contribution is 6.13. The monoisotopic (exact) mass is 256 g/mol. The number of ether oxygens (including phenoxy) is 1. The fourth-order valence-corrected chi connectivity index (χ4v) is 1.25. The van der Waals surface area contributed by atoms with Gasteiger partial charge in [-0.15, -0.1) is 4.94 Å². The van der Waals surface area contributed by atoms with Crippen molar-refractivity contribution >= 4 is 23.7 Å². The van der Waals surface area contributed by atoms with Gasteiger partial charge in [-0.2, -0.15) is 0 Å². The molecular weight excluding hydrogens is 244 g/mol. The van der Waals surface area contributed by atoms with Gasteiger partial charge in [0.25, 0.3) is 0 Å². The summed E-state index contributed by atoms with van der Waals surface area (Å²) in [5.74, 6) is -0.782. The van der Waals surface area contributed by atoms with Crippen molar-refractivity contribution in [1.82, 2.24) is 10.4 Å². The van der Waals surface area contributed by atoms with E-state index in [2.05, 4.69) is 5.43 Å². The maximum atomic E-state index is 11.3. The number of esters is 1. The molecule has 0 radical (unpaired) electrons. The summed E-state index contributed by atoms with van der Waals surface area (Å²) in [6.45, 7) is 0.217. The van der Waals surface area contributed by atoms with Crippen molar-refractivity contribution in [2.75, 3.05) is 0 Å². The predicted octanol–water partition coefficient (Wildman–Crippen LogP) is 1.28. The molecule has 1 rings (SSSR count). The van der Waals surface area contributed by atoms with Crippen LogP contribution in [0.3, 0.4) is 0 Å². The first-order valence-electron chi connectivity index (χ1n) is 5.06. The van der Waals surface area contributed by atoms with Crippen LogP contribution < -0.4 is 10.4 Å². The summed E-state index contributed by atoms with van der Waals surface area (Å²) in [6.07, 6.45) is 0.0601. The molecule has 0 aliphatic rings. The first kappa shape index (κ1) is 13.5. The molecule has 6 heteroatoms. The number of benzene rings is 1. The molecule has 1 aromatic carbocycles. The van der Waals surface area contributed by atoms with E-state index in [9.17, 15) is 9.59 Å². The highest BCUT2D eigenvalue weighted by Crippen LogP contribution is 2.02. The van der Waals surface area contributed by atoms with Crippen LogP contribution in [0.4, 0.5) is 0 Å². The number of nitrogens with one attached hydrogen (secondary N) is 2. The topological polar surface area (TPSA) is 67.4 Å². The quantitative estimate of drug-likeness (QED) is 0.457. The van der Waals surface area contributed by atoms with Crippen molar-refractivity contribution in [3.63, 3.8) is 0 Å². The van der Waals surface area contributed by atoms with E-state index in [1.165, 1.54) is 0 Å². The molecule has 0 spiro atoms. The molecule has 5 nitrogen and oxygen atoms in total. The van der Waals surface area contributed by atoms with Gasteiger partial charge in [0, 0.05) is 6.42 Å². The lowest BCUT2D eigenvalue weighted by molar-refractivity contribution is -0.146. The van der Waals surface area contributed by atoms with Gasteiger partial charge in [0.15, 0.2) is 0 Å². The van der Waals surface area contributed by atoms with Crippen LogP contribution in [0.1, 0.15) is 18.4 Å². The minimum atomic E-state index is -0.418. The van der Waals surface area contributed by atoms with E-state index in [0.29, 0.717) is 0 Å². The molecule has 0 unspecified atom stereocenters. The van der Waals surface area contributed by atoms with Gasteiger partial charge in [0.05, 0.1) is 6.42 Å². The molecule has 0 aliphatic carbocycles. The van der Waals surface area contributed by atoms with Crippen LogP contribution in [0.2, 0.25) is 0 Å². The van der Waals surface area contributed by atoms with Crippen molar-refractivity contribution < 1.29 is 14.3 Å². The molecule has 0 heterocycles. The van der Waals surface area contributed by atoms with Crippen LogP contribution in [0, 0.1) is 0 Å². The molecule has 2 N–H and O–H groups in total. The Kier molecular flexibility index (Phi) is 6.06. The van der Waals surface area contributed by atoms with Crippen molar-refractivity contribution in [1.29, 1.82) is 0 Å². The van der Waals surface area contributed by atoms with E-state index in [4.69, 9.17) is 16.5 Å². The number of carbonyl (C=O) groups is 2. The fraction of sp³-hybridized carbons (Fsp3) is 0.273. The van der Waals surface area contributed by atoms with Gasteiger partial charge in [-0.1, -0.05) is 30.3 Å². The van der Waals surface area contributed by atoms with Crippen LogP contribution >= 0.6 is 11.8 Å². The minimum absolute atomic E-state index is 0.0250. The average molecular weight is 257 g/mol. The molecule has 17 heavy (non-hydrogen) atoms. The van der Waals surface area contributed by atoms with Gasteiger partial charge in [-0.3, -0.25) is 15.0 Å². The van der Waals surface area contributed by atoms with E-state index < -0.39 is 5.97 Å². The summed E-state index contributed by atoms with van der Waals surface area (Å²) in [5, 5.41) is 0. The average Bonchev–Trinajstić information content (AvgIpc) is 2.35. The smallest absolute Gasteiger partial charge is 0.306 e. The second-order valence-corrected chi connectivity index (χ2v) is 3.48. The number of carbonyl (C=O) groups excluding carboxylic acids is 2. The maximum absolute atomic E-state index is 11.3. The van der Waals surface area contributed by atoms with Gasteiger partial charge in [-0.25, -0.2) is 0 Å². The predicted molar refractivity (Wildman–Crippen MR) is 62.6 cm³/mol. The van der Waals surface area contributed by atoms with Crippen molar-refractivity contribution in [3.05, 3.63) is 35.9 Å². The van der Waals surface area contributed by atoms with Crippen molar-refractivity contribution in [2.24, 2.45) is 0 Å². The number of halogens is 1. The lowest BCUT2D eigenvalue weighted by atomic mass is 10.2. The van der Waals surface area contributed by atoms with Crippen molar-refractivity contribution in [2.45, 2.75) is 19.4 Å². The largest absolute Gasteiger partial charge is 0.461 e. The third kappa shape index (κ3) is 5.89. The normalized spacial score (nSPS) is 9.71. The van der Waals surface area contributed by atoms with Crippen LogP contribution in [0.25, 0.3) is 0 Å². The summed E-state index contributed by atoms with van der Waals surface area (Å²) >= 11 is 5.05. The zero-order valence-corrected chi connectivity index (χ0v) is 9.87. The molecule has 0 aromatic heterocycles. The van der Waals surface area contributed by atoms with E-state index in [-0.39, 0.29) is 25.4 Å². The van der Waals surface area contributed by atoms with Gasteiger partial charge in [0.1, 0.15) is 6.61 Å². The number of hydrogen-bond acceptors (Lipinski definition) is 4. The lowest BCUT2D eigenvalue weighted by Crippen LogP contribution is -2.30. The number of hydrogen-bond donors (Lipinski definition) is 2.